The third-order valence-corrected chi connectivity index (χ3v) is 4.57. The molecule has 0 spiro atoms. The first-order valence-electron chi connectivity index (χ1n) is 9.56. The van der Waals surface area contributed by atoms with Crippen LogP contribution in [0.5, 0.6) is 5.75 Å². The maximum absolute atomic E-state index is 12.9. The number of amides is 2. The van der Waals surface area contributed by atoms with Crippen LogP contribution >= 0.6 is 0 Å². The summed E-state index contributed by atoms with van der Waals surface area (Å²) < 4.78 is 5.49. The highest BCUT2D eigenvalue weighted by Crippen LogP contribution is 2.24. The van der Waals surface area contributed by atoms with Crippen LogP contribution in [-0.4, -0.2) is 22.8 Å². The van der Waals surface area contributed by atoms with Crippen LogP contribution in [0.25, 0.3) is 0 Å². The van der Waals surface area contributed by atoms with E-state index in [1.54, 1.807) is 0 Å². The van der Waals surface area contributed by atoms with Crippen LogP contribution in [0.2, 0.25) is 0 Å². The van der Waals surface area contributed by atoms with E-state index in [-0.39, 0.29) is 5.69 Å². The zero-order valence-corrected chi connectivity index (χ0v) is 16.7. The Morgan fingerprint density at radius 3 is 1.77 bits per heavy atom. The molecule has 0 saturated heterocycles. The van der Waals surface area contributed by atoms with Crippen LogP contribution in [0.1, 0.15) is 24.0 Å². The summed E-state index contributed by atoms with van der Waals surface area (Å²) in [6, 6.07) is 23.9. The minimum atomic E-state index is -0.936. The number of carbonyl (C=O) groups is 2. The molecule has 0 aromatic heterocycles. The van der Waals surface area contributed by atoms with E-state index in [1.807, 2.05) is 60.7 Å². The lowest BCUT2D eigenvalue weighted by Gasteiger charge is -2.19. The van der Waals surface area contributed by atoms with E-state index < -0.39 is 28.8 Å². The van der Waals surface area contributed by atoms with Gasteiger partial charge in [-0.1, -0.05) is 60.7 Å². The Kier molecular flexibility index (Phi) is 6.95. The van der Waals surface area contributed by atoms with Gasteiger partial charge >= 0.3 is 0 Å². The topological polar surface area (TPSA) is 111 Å². The van der Waals surface area contributed by atoms with Gasteiger partial charge in [0.2, 0.25) is 5.91 Å². The van der Waals surface area contributed by atoms with Crippen molar-refractivity contribution in [2.75, 3.05) is 0 Å². The number of ether oxygens (including phenoxy) is 1. The first-order chi connectivity index (χ1) is 15.0. The average Bonchev–Trinajstić information content (AvgIpc) is 2.79. The fourth-order valence-corrected chi connectivity index (χ4v) is 2.99. The van der Waals surface area contributed by atoms with Crippen LogP contribution in [0.4, 0.5) is 5.69 Å². The molecule has 0 bridgehead atoms. The fourth-order valence-electron chi connectivity index (χ4n) is 2.99. The van der Waals surface area contributed by atoms with E-state index in [9.17, 15) is 19.7 Å². The van der Waals surface area contributed by atoms with Gasteiger partial charge in [-0.2, -0.15) is 0 Å². The second-order valence-electron chi connectivity index (χ2n) is 6.74. The van der Waals surface area contributed by atoms with Crippen molar-refractivity contribution in [2.45, 2.75) is 18.9 Å². The lowest BCUT2D eigenvalue weighted by atomic mass is 9.91. The Bertz CT molecular complexity index is 1000. The highest BCUT2D eigenvalue weighted by molar-refractivity contribution is 5.90. The number of non-ortho nitro benzene ring substituents is 1. The molecule has 0 heterocycles. The lowest BCUT2D eigenvalue weighted by molar-refractivity contribution is -0.384. The second kappa shape index (κ2) is 10.0. The van der Waals surface area contributed by atoms with Gasteiger partial charge < -0.3 is 4.74 Å². The predicted molar refractivity (Wildman–Crippen MR) is 114 cm³/mol. The van der Waals surface area contributed by atoms with E-state index in [1.165, 1.54) is 31.2 Å². The summed E-state index contributed by atoms with van der Waals surface area (Å²) in [6.45, 7) is 1.51. The Morgan fingerprint density at radius 1 is 0.806 bits per heavy atom. The molecule has 2 amide bonds. The Labute approximate surface area is 179 Å². The molecule has 0 radical (unpaired) electrons. The summed E-state index contributed by atoms with van der Waals surface area (Å²) >= 11 is 0. The molecule has 0 saturated carbocycles. The third kappa shape index (κ3) is 5.66. The molecule has 2 N–H and O–H groups in total. The summed E-state index contributed by atoms with van der Waals surface area (Å²) in [4.78, 5) is 35.5. The SMILES string of the molecule is CC(Oc1ccc([N+](=O)[O-])cc1)C(=O)NNC(=O)C(c1ccccc1)c1ccccc1. The standard InChI is InChI=1S/C23H21N3O5/c1-16(31-20-14-12-19(13-15-20)26(29)30)22(27)24-25-23(28)21(17-8-4-2-5-9-17)18-10-6-3-7-11-18/h2-16,21H,1H3,(H,24,27)(H,25,28). The number of hydrazine groups is 1. The van der Waals surface area contributed by atoms with Crippen molar-refractivity contribution in [1.29, 1.82) is 0 Å². The first kappa shape index (κ1) is 21.5. The number of nitrogens with one attached hydrogen (secondary N) is 2. The molecule has 31 heavy (non-hydrogen) atoms. The molecular weight excluding hydrogens is 398 g/mol. The number of hydrogen-bond donors (Lipinski definition) is 2. The minimum Gasteiger partial charge on any atom is -0.481 e. The normalized spacial score (nSPS) is 11.4. The van der Waals surface area contributed by atoms with Gasteiger partial charge in [0.05, 0.1) is 10.8 Å². The fraction of sp³-hybridized carbons (Fsp3) is 0.130. The Hall–Kier alpha value is -4.20. The Morgan fingerprint density at radius 2 is 1.29 bits per heavy atom. The van der Waals surface area contributed by atoms with Gasteiger partial charge in [0.15, 0.2) is 6.10 Å². The molecule has 8 nitrogen and oxygen atoms in total. The molecule has 0 aliphatic rings. The van der Waals surface area contributed by atoms with Crippen LogP contribution in [0.15, 0.2) is 84.9 Å². The van der Waals surface area contributed by atoms with Crippen molar-refractivity contribution < 1.29 is 19.2 Å². The number of hydrogen-bond acceptors (Lipinski definition) is 5. The van der Waals surface area contributed by atoms with Crippen LogP contribution in [-0.2, 0) is 9.59 Å². The Balaban J connectivity index is 1.63. The van der Waals surface area contributed by atoms with E-state index in [2.05, 4.69) is 10.9 Å². The number of benzene rings is 3. The van der Waals surface area contributed by atoms with Crippen LogP contribution in [0.3, 0.4) is 0 Å². The van der Waals surface area contributed by atoms with E-state index in [0.717, 1.165) is 11.1 Å². The first-order valence-corrected chi connectivity index (χ1v) is 9.56. The molecule has 0 aliphatic carbocycles. The van der Waals surface area contributed by atoms with Gasteiger partial charge in [-0.05, 0) is 30.2 Å². The molecule has 3 aromatic rings. The smallest absolute Gasteiger partial charge is 0.279 e. The van der Waals surface area contributed by atoms with Gasteiger partial charge in [-0.25, -0.2) is 0 Å². The van der Waals surface area contributed by atoms with E-state index in [4.69, 9.17) is 4.74 Å². The number of nitro benzene ring substituents is 1. The molecule has 8 heteroatoms. The van der Waals surface area contributed by atoms with Gasteiger partial charge in [0.1, 0.15) is 5.75 Å². The maximum atomic E-state index is 12.9. The summed E-state index contributed by atoms with van der Waals surface area (Å²) in [6.07, 6.45) is -0.936. The maximum Gasteiger partial charge on any atom is 0.279 e. The summed E-state index contributed by atoms with van der Waals surface area (Å²) in [5, 5.41) is 10.7. The summed E-state index contributed by atoms with van der Waals surface area (Å²) in [5.74, 6) is -1.26. The summed E-state index contributed by atoms with van der Waals surface area (Å²) in [5.41, 5.74) is 6.34. The van der Waals surface area contributed by atoms with Crippen molar-refractivity contribution in [3.63, 3.8) is 0 Å². The van der Waals surface area contributed by atoms with Crippen LogP contribution in [0, 0.1) is 10.1 Å². The monoisotopic (exact) mass is 419 g/mol. The minimum absolute atomic E-state index is 0.0791. The molecule has 0 fully saturated rings. The van der Waals surface area contributed by atoms with Crippen molar-refractivity contribution >= 4 is 17.5 Å². The molecule has 158 valence electrons. The highest BCUT2D eigenvalue weighted by atomic mass is 16.6. The zero-order chi connectivity index (χ0) is 22.2. The predicted octanol–water partition coefficient (Wildman–Crippen LogP) is 3.34. The number of nitro groups is 1. The molecule has 1 atom stereocenters. The van der Waals surface area contributed by atoms with Gasteiger partial charge in [-0.15, -0.1) is 0 Å². The van der Waals surface area contributed by atoms with Crippen molar-refractivity contribution in [3.8, 4) is 5.75 Å². The number of rotatable bonds is 7. The summed E-state index contributed by atoms with van der Waals surface area (Å²) in [7, 11) is 0. The zero-order valence-electron chi connectivity index (χ0n) is 16.7. The average molecular weight is 419 g/mol. The molecule has 1 unspecified atom stereocenters. The largest absolute Gasteiger partial charge is 0.481 e. The van der Waals surface area contributed by atoms with Gasteiger partial charge in [-0.3, -0.25) is 30.6 Å². The quantitative estimate of drug-likeness (QED) is 0.451. The second-order valence-corrected chi connectivity index (χ2v) is 6.74. The lowest BCUT2D eigenvalue weighted by Crippen LogP contribution is -2.48. The number of nitrogens with zero attached hydrogens (tertiary/aromatic N) is 1. The van der Waals surface area contributed by atoms with Gasteiger partial charge in [0.25, 0.3) is 11.6 Å². The van der Waals surface area contributed by atoms with Gasteiger partial charge in [0, 0.05) is 12.1 Å². The molecular formula is C23H21N3O5. The van der Waals surface area contributed by atoms with Crippen molar-refractivity contribution in [2.24, 2.45) is 0 Å². The van der Waals surface area contributed by atoms with E-state index >= 15 is 0 Å². The highest BCUT2D eigenvalue weighted by Gasteiger charge is 2.24. The molecule has 3 rings (SSSR count). The molecule has 3 aromatic carbocycles. The molecule has 0 aliphatic heterocycles. The van der Waals surface area contributed by atoms with E-state index in [0.29, 0.717) is 5.75 Å². The number of carbonyl (C=O) groups excluding carboxylic acids is 2. The van der Waals surface area contributed by atoms with Crippen molar-refractivity contribution in [1.82, 2.24) is 10.9 Å². The van der Waals surface area contributed by atoms with Crippen molar-refractivity contribution in [3.05, 3.63) is 106 Å². The third-order valence-electron chi connectivity index (χ3n) is 4.57. The van der Waals surface area contributed by atoms with Crippen LogP contribution < -0.4 is 15.6 Å².